The van der Waals surface area contributed by atoms with E-state index in [0.29, 0.717) is 23.0 Å². The van der Waals surface area contributed by atoms with Crippen LogP contribution in [-0.4, -0.2) is 30.3 Å². The summed E-state index contributed by atoms with van der Waals surface area (Å²) in [6, 6.07) is 4.02. The Morgan fingerprint density at radius 2 is 1.92 bits per heavy atom. The summed E-state index contributed by atoms with van der Waals surface area (Å²) in [4.78, 5) is 9.00. The van der Waals surface area contributed by atoms with Crippen molar-refractivity contribution in [3.05, 3.63) is 34.4 Å². The van der Waals surface area contributed by atoms with Crippen molar-refractivity contribution in [1.29, 1.82) is 0 Å². The van der Waals surface area contributed by atoms with Crippen molar-refractivity contribution in [2.75, 3.05) is 7.11 Å². The highest BCUT2D eigenvalue weighted by Crippen LogP contribution is 2.38. The molecular weight excluding hydrogens is 336 g/mol. The van der Waals surface area contributed by atoms with E-state index in [1.165, 1.54) is 16.5 Å². The molecule has 0 radical (unpaired) electrons. The van der Waals surface area contributed by atoms with Crippen LogP contribution in [0.2, 0.25) is 18.1 Å². The number of methoxy groups -OCH3 is 1. The van der Waals surface area contributed by atoms with Crippen molar-refractivity contribution in [3.63, 3.8) is 0 Å². The quantitative estimate of drug-likeness (QED) is 0.817. The van der Waals surface area contributed by atoms with Crippen LogP contribution >= 0.6 is 11.3 Å². The van der Waals surface area contributed by atoms with Gasteiger partial charge in [-0.1, -0.05) is 46.9 Å². The van der Waals surface area contributed by atoms with Crippen LogP contribution < -0.4 is 9.92 Å². The number of thiazole rings is 1. The van der Waals surface area contributed by atoms with Crippen LogP contribution in [0.25, 0.3) is 0 Å². The molecule has 0 saturated carbocycles. The minimum Gasteiger partial charge on any atom is -0.481 e. The Hall–Kier alpha value is -1.24. The lowest BCUT2D eigenvalue weighted by Gasteiger charge is -2.38. The Bertz CT molecular complexity index is 696. The van der Waals surface area contributed by atoms with E-state index in [1.54, 1.807) is 13.3 Å². The van der Waals surface area contributed by atoms with E-state index in [-0.39, 0.29) is 5.04 Å². The summed E-state index contributed by atoms with van der Waals surface area (Å²) in [5.74, 6) is 0.627. The third-order valence-electron chi connectivity index (χ3n) is 5.32. The van der Waals surface area contributed by atoms with Crippen LogP contribution in [0.3, 0.4) is 0 Å². The Labute approximate surface area is 150 Å². The summed E-state index contributed by atoms with van der Waals surface area (Å²) in [5, 5.41) is 15.1. The molecule has 0 aliphatic rings. The van der Waals surface area contributed by atoms with Crippen molar-refractivity contribution >= 4 is 24.6 Å². The maximum Gasteiger partial charge on any atom is 0.212 e. The average molecular weight is 365 g/mol. The van der Waals surface area contributed by atoms with Gasteiger partial charge in [-0.15, -0.1) is 11.3 Å². The summed E-state index contributed by atoms with van der Waals surface area (Å²) >= 11 is 1.44. The first-order valence-electron chi connectivity index (χ1n) is 8.26. The monoisotopic (exact) mass is 364 g/mol. The van der Waals surface area contributed by atoms with E-state index in [1.807, 2.05) is 18.4 Å². The van der Waals surface area contributed by atoms with Gasteiger partial charge in [0.15, 0.2) is 5.60 Å². The second-order valence-corrected chi connectivity index (χ2v) is 13.9. The average Bonchev–Trinajstić information content (AvgIpc) is 3.07. The number of pyridine rings is 1. The van der Waals surface area contributed by atoms with Crippen molar-refractivity contribution in [2.45, 2.75) is 57.8 Å². The van der Waals surface area contributed by atoms with E-state index in [4.69, 9.17) is 9.72 Å². The molecule has 24 heavy (non-hydrogen) atoms. The minimum atomic E-state index is -1.79. The Morgan fingerprint density at radius 1 is 1.25 bits per heavy atom. The lowest BCUT2D eigenvalue weighted by molar-refractivity contribution is 0.0710. The molecule has 4 nitrogen and oxygen atoms in total. The predicted molar refractivity (Wildman–Crippen MR) is 103 cm³/mol. The zero-order valence-corrected chi connectivity index (χ0v) is 17.5. The molecule has 0 aromatic carbocycles. The molecule has 132 valence electrons. The number of aromatic nitrogens is 2. The second kappa shape index (κ2) is 6.58. The van der Waals surface area contributed by atoms with Gasteiger partial charge in [0.1, 0.15) is 5.01 Å². The summed E-state index contributed by atoms with van der Waals surface area (Å²) in [5.41, 5.74) is -0.577. The van der Waals surface area contributed by atoms with Gasteiger partial charge in [0.05, 0.1) is 20.9 Å². The number of hydrogen-bond donors (Lipinski definition) is 1. The van der Waals surface area contributed by atoms with Crippen LogP contribution in [0.1, 0.15) is 44.8 Å². The number of ether oxygens (including phenoxy) is 1. The largest absolute Gasteiger partial charge is 0.481 e. The Balaban J connectivity index is 2.58. The van der Waals surface area contributed by atoms with Crippen molar-refractivity contribution in [2.24, 2.45) is 0 Å². The standard InChI is InChI=1S/C18H28N2O2SSi/c1-8-18(21,16-19-11-12-23-16)14-10-9-13(15(20-14)22-5)24(6,7)17(2,3)4/h9-12,21H,8H2,1-7H3. The number of aliphatic hydroxyl groups is 1. The SMILES string of the molecule is CCC(O)(c1ccc([Si](C)(C)C(C)(C)C)c(OC)n1)c1nccs1. The van der Waals surface area contributed by atoms with Gasteiger partial charge in [0.2, 0.25) is 5.88 Å². The zero-order valence-electron chi connectivity index (χ0n) is 15.7. The molecule has 2 aromatic rings. The summed E-state index contributed by atoms with van der Waals surface area (Å²) < 4.78 is 5.62. The van der Waals surface area contributed by atoms with E-state index in [0.717, 1.165) is 0 Å². The van der Waals surface area contributed by atoms with E-state index < -0.39 is 13.7 Å². The molecular formula is C18H28N2O2SSi. The molecule has 1 atom stereocenters. The highest BCUT2D eigenvalue weighted by Gasteiger charge is 2.41. The van der Waals surface area contributed by atoms with Gasteiger partial charge in [-0.2, -0.15) is 0 Å². The van der Waals surface area contributed by atoms with Crippen LogP contribution in [0.15, 0.2) is 23.7 Å². The summed E-state index contributed by atoms with van der Waals surface area (Å²) in [7, 11) is -0.137. The number of nitrogens with zero attached hydrogens (tertiary/aromatic N) is 2. The van der Waals surface area contributed by atoms with Gasteiger partial charge >= 0.3 is 0 Å². The molecule has 2 rings (SSSR count). The predicted octanol–water partition coefficient (Wildman–Crippen LogP) is 3.91. The fraction of sp³-hybridized carbons (Fsp3) is 0.556. The first-order chi connectivity index (χ1) is 11.1. The molecule has 1 N–H and O–H groups in total. The smallest absolute Gasteiger partial charge is 0.212 e. The van der Waals surface area contributed by atoms with Crippen LogP contribution in [0.5, 0.6) is 5.88 Å². The first-order valence-corrected chi connectivity index (χ1v) is 12.1. The maximum atomic E-state index is 11.2. The molecule has 0 aliphatic carbocycles. The molecule has 0 amide bonds. The molecule has 0 bridgehead atoms. The zero-order chi connectivity index (χ0) is 18.2. The molecule has 2 heterocycles. The lowest BCUT2D eigenvalue weighted by atomic mass is 9.96. The van der Waals surface area contributed by atoms with E-state index >= 15 is 0 Å². The van der Waals surface area contributed by atoms with Crippen molar-refractivity contribution in [1.82, 2.24) is 9.97 Å². The summed E-state index contributed by atoms with van der Waals surface area (Å²) in [6.45, 7) is 13.4. The van der Waals surface area contributed by atoms with Crippen LogP contribution in [0.4, 0.5) is 0 Å². The number of rotatable bonds is 5. The number of hydrogen-bond acceptors (Lipinski definition) is 5. The maximum absolute atomic E-state index is 11.2. The minimum absolute atomic E-state index is 0.180. The highest BCUT2D eigenvalue weighted by molar-refractivity contribution is 7.09. The second-order valence-electron chi connectivity index (χ2n) is 7.68. The first kappa shape index (κ1) is 19.1. The lowest BCUT2D eigenvalue weighted by Crippen LogP contribution is -2.50. The van der Waals surface area contributed by atoms with Crippen molar-refractivity contribution < 1.29 is 9.84 Å². The fourth-order valence-corrected chi connectivity index (χ4v) is 5.39. The van der Waals surface area contributed by atoms with Gasteiger partial charge < -0.3 is 9.84 Å². The highest BCUT2D eigenvalue weighted by atomic mass is 32.1. The molecule has 0 saturated heterocycles. The van der Waals surface area contributed by atoms with Gasteiger partial charge in [0, 0.05) is 16.8 Å². The van der Waals surface area contributed by atoms with Crippen molar-refractivity contribution in [3.8, 4) is 5.88 Å². The molecule has 0 spiro atoms. The van der Waals surface area contributed by atoms with Crippen LogP contribution in [0, 0.1) is 0 Å². The molecule has 6 heteroatoms. The Kier molecular flexibility index (Phi) is 5.23. The van der Waals surface area contributed by atoms with Gasteiger partial charge in [-0.05, 0) is 17.5 Å². The topological polar surface area (TPSA) is 55.2 Å². The Morgan fingerprint density at radius 3 is 2.38 bits per heavy atom. The van der Waals surface area contributed by atoms with Gasteiger partial charge in [-0.3, -0.25) is 0 Å². The third kappa shape index (κ3) is 3.14. The summed E-state index contributed by atoms with van der Waals surface area (Å²) in [6.07, 6.45) is 2.22. The molecule has 2 aromatic heterocycles. The third-order valence-corrected chi connectivity index (χ3v) is 11.7. The van der Waals surface area contributed by atoms with E-state index in [9.17, 15) is 5.11 Å². The van der Waals surface area contributed by atoms with Crippen LogP contribution in [-0.2, 0) is 5.60 Å². The molecule has 0 aliphatic heterocycles. The molecule has 0 fully saturated rings. The normalized spacial score (nSPS) is 15.2. The van der Waals surface area contributed by atoms with E-state index in [2.05, 4.69) is 44.9 Å². The van der Waals surface area contributed by atoms with Gasteiger partial charge in [0.25, 0.3) is 0 Å². The molecule has 1 unspecified atom stereocenters. The van der Waals surface area contributed by atoms with Gasteiger partial charge in [-0.25, -0.2) is 9.97 Å². The fourth-order valence-electron chi connectivity index (χ4n) is 2.58.